The van der Waals surface area contributed by atoms with Gasteiger partial charge in [0.15, 0.2) is 11.6 Å². The van der Waals surface area contributed by atoms with E-state index in [4.69, 9.17) is 10.5 Å². The van der Waals surface area contributed by atoms with Crippen molar-refractivity contribution in [2.24, 2.45) is 0 Å². The van der Waals surface area contributed by atoms with E-state index in [1.54, 1.807) is 30.6 Å². The van der Waals surface area contributed by atoms with E-state index in [1.165, 1.54) is 6.07 Å². The predicted molar refractivity (Wildman–Crippen MR) is 72.6 cm³/mol. The minimum atomic E-state index is -0.760. The molecule has 3 nitrogen and oxygen atoms in total. The van der Waals surface area contributed by atoms with E-state index < -0.39 is 11.6 Å². The van der Waals surface area contributed by atoms with Crippen LogP contribution in [0.2, 0.25) is 0 Å². The van der Waals surface area contributed by atoms with Gasteiger partial charge in [-0.2, -0.15) is 0 Å². The number of nitrogen functional groups attached to an aromatic ring is 1. The lowest BCUT2D eigenvalue weighted by Gasteiger charge is -2.10. The molecule has 3 aromatic rings. The molecular weight excluding hydrogens is 262 g/mol. The van der Waals surface area contributed by atoms with Gasteiger partial charge in [0.25, 0.3) is 0 Å². The summed E-state index contributed by atoms with van der Waals surface area (Å²) in [6.45, 7) is 0. The van der Waals surface area contributed by atoms with Crippen molar-refractivity contribution in [1.82, 2.24) is 4.98 Å². The van der Waals surface area contributed by atoms with Gasteiger partial charge in [-0.1, -0.05) is 0 Å². The van der Waals surface area contributed by atoms with Crippen molar-refractivity contribution in [3.63, 3.8) is 0 Å². The van der Waals surface area contributed by atoms with Crippen LogP contribution in [0, 0.1) is 11.6 Å². The second-order valence-electron chi connectivity index (χ2n) is 4.25. The summed E-state index contributed by atoms with van der Waals surface area (Å²) in [6, 6.07) is 8.17. The van der Waals surface area contributed by atoms with Gasteiger partial charge < -0.3 is 10.5 Å². The lowest BCUT2D eigenvalue weighted by molar-refractivity contribution is 0.441. The zero-order valence-corrected chi connectivity index (χ0v) is 10.3. The summed E-state index contributed by atoms with van der Waals surface area (Å²) < 4.78 is 32.0. The topological polar surface area (TPSA) is 48.1 Å². The van der Waals surface area contributed by atoms with Gasteiger partial charge in [0, 0.05) is 34.9 Å². The monoisotopic (exact) mass is 272 g/mol. The number of fused-ring (bicyclic) bond motifs is 1. The molecule has 0 saturated carbocycles. The fraction of sp³-hybridized carbons (Fsp3) is 0. The number of benzene rings is 2. The zero-order valence-electron chi connectivity index (χ0n) is 10.3. The van der Waals surface area contributed by atoms with Crippen molar-refractivity contribution >= 4 is 16.5 Å². The van der Waals surface area contributed by atoms with Crippen molar-refractivity contribution in [2.45, 2.75) is 0 Å². The molecule has 3 rings (SSSR count). The number of ether oxygens (including phenoxy) is 1. The van der Waals surface area contributed by atoms with E-state index in [0.717, 1.165) is 12.1 Å². The van der Waals surface area contributed by atoms with Gasteiger partial charge in [-0.05, 0) is 30.3 Å². The number of nitrogens with two attached hydrogens (primary N) is 1. The second-order valence-corrected chi connectivity index (χ2v) is 4.25. The van der Waals surface area contributed by atoms with Gasteiger partial charge in [0.05, 0.1) is 0 Å². The zero-order chi connectivity index (χ0) is 14.1. The van der Waals surface area contributed by atoms with E-state index in [0.29, 0.717) is 22.2 Å². The maximum Gasteiger partial charge on any atom is 0.168 e. The lowest BCUT2D eigenvalue weighted by atomic mass is 10.1. The van der Waals surface area contributed by atoms with Crippen LogP contribution in [-0.2, 0) is 0 Å². The molecular formula is C15H10F2N2O. The number of aromatic nitrogens is 1. The third-order valence-corrected chi connectivity index (χ3v) is 2.93. The highest BCUT2D eigenvalue weighted by molar-refractivity contribution is 5.96. The Balaban J connectivity index is 2.09. The van der Waals surface area contributed by atoms with E-state index in [-0.39, 0.29) is 5.75 Å². The van der Waals surface area contributed by atoms with Crippen molar-refractivity contribution in [1.29, 1.82) is 0 Å². The average molecular weight is 272 g/mol. The van der Waals surface area contributed by atoms with E-state index in [1.807, 2.05) is 0 Å². The van der Waals surface area contributed by atoms with Crippen molar-refractivity contribution in [2.75, 3.05) is 5.73 Å². The molecule has 0 spiro atoms. The Hall–Kier alpha value is -2.69. The number of halogens is 2. The highest BCUT2D eigenvalue weighted by Crippen LogP contribution is 2.33. The largest absolute Gasteiger partial charge is 0.454 e. The molecule has 0 saturated heterocycles. The van der Waals surface area contributed by atoms with E-state index in [9.17, 15) is 8.78 Å². The molecule has 0 fully saturated rings. The van der Waals surface area contributed by atoms with Crippen LogP contribution in [0.4, 0.5) is 14.5 Å². The summed E-state index contributed by atoms with van der Waals surface area (Å²) in [4.78, 5) is 3.99. The summed E-state index contributed by atoms with van der Waals surface area (Å²) in [5.41, 5.74) is 6.40. The number of nitrogens with zero attached hydrogens (tertiary/aromatic N) is 1. The van der Waals surface area contributed by atoms with Gasteiger partial charge in [0.2, 0.25) is 0 Å². The van der Waals surface area contributed by atoms with Crippen LogP contribution in [0.25, 0.3) is 10.8 Å². The molecule has 0 bridgehead atoms. The Kier molecular flexibility index (Phi) is 2.95. The molecule has 2 aromatic carbocycles. The Labute approximate surface area is 113 Å². The summed E-state index contributed by atoms with van der Waals surface area (Å²) in [5, 5.41) is 1.43. The van der Waals surface area contributed by atoms with Crippen LogP contribution in [0.5, 0.6) is 11.5 Å². The smallest absolute Gasteiger partial charge is 0.168 e. The Morgan fingerprint density at radius 3 is 2.55 bits per heavy atom. The molecule has 0 unspecified atom stereocenters. The molecule has 0 aliphatic heterocycles. The first-order valence-electron chi connectivity index (χ1n) is 5.90. The highest BCUT2D eigenvalue weighted by Gasteiger charge is 2.10. The van der Waals surface area contributed by atoms with Crippen LogP contribution in [0.3, 0.4) is 0 Å². The fourth-order valence-corrected chi connectivity index (χ4v) is 1.95. The van der Waals surface area contributed by atoms with E-state index in [2.05, 4.69) is 4.98 Å². The van der Waals surface area contributed by atoms with Crippen LogP contribution in [0.15, 0.2) is 48.8 Å². The third kappa shape index (κ3) is 2.14. The van der Waals surface area contributed by atoms with Crippen molar-refractivity contribution < 1.29 is 13.5 Å². The Bertz CT molecular complexity index is 790. The molecule has 0 aliphatic carbocycles. The number of rotatable bonds is 2. The molecule has 100 valence electrons. The maximum absolute atomic E-state index is 13.6. The van der Waals surface area contributed by atoms with Gasteiger partial charge in [0.1, 0.15) is 11.6 Å². The normalized spacial score (nSPS) is 10.7. The Morgan fingerprint density at radius 1 is 0.950 bits per heavy atom. The van der Waals surface area contributed by atoms with Gasteiger partial charge in [-0.3, -0.25) is 4.98 Å². The summed E-state index contributed by atoms with van der Waals surface area (Å²) in [5.74, 6) is -1.03. The summed E-state index contributed by atoms with van der Waals surface area (Å²) in [7, 11) is 0. The minimum absolute atomic E-state index is 0.0470. The van der Waals surface area contributed by atoms with Crippen LogP contribution < -0.4 is 10.5 Å². The van der Waals surface area contributed by atoms with Gasteiger partial charge in [-0.25, -0.2) is 8.78 Å². The van der Waals surface area contributed by atoms with Crippen LogP contribution in [0.1, 0.15) is 0 Å². The van der Waals surface area contributed by atoms with E-state index >= 15 is 0 Å². The Morgan fingerprint density at radius 2 is 1.75 bits per heavy atom. The molecule has 0 atom stereocenters. The standard InChI is InChI=1S/C15H10F2N2O/c16-9-1-3-15(12(17)7-9)20-14-4-2-13(18)11-8-19-6-5-10(11)14/h1-8H,18H2. The third-order valence-electron chi connectivity index (χ3n) is 2.93. The summed E-state index contributed by atoms with van der Waals surface area (Å²) >= 11 is 0. The quantitative estimate of drug-likeness (QED) is 0.720. The van der Waals surface area contributed by atoms with Gasteiger partial charge in [-0.15, -0.1) is 0 Å². The molecule has 20 heavy (non-hydrogen) atoms. The van der Waals surface area contributed by atoms with Crippen molar-refractivity contribution in [3.05, 3.63) is 60.4 Å². The molecule has 1 aromatic heterocycles. The lowest BCUT2D eigenvalue weighted by Crippen LogP contribution is -1.93. The molecule has 1 heterocycles. The number of hydrogen-bond acceptors (Lipinski definition) is 3. The summed E-state index contributed by atoms with van der Waals surface area (Å²) in [6.07, 6.45) is 3.20. The van der Waals surface area contributed by atoms with Gasteiger partial charge >= 0.3 is 0 Å². The molecule has 2 N–H and O–H groups in total. The predicted octanol–water partition coefficient (Wildman–Crippen LogP) is 3.89. The van der Waals surface area contributed by atoms with Crippen LogP contribution in [-0.4, -0.2) is 4.98 Å². The second kappa shape index (κ2) is 4.77. The minimum Gasteiger partial charge on any atom is -0.454 e. The number of pyridine rings is 1. The fourth-order valence-electron chi connectivity index (χ4n) is 1.95. The number of hydrogen-bond donors (Lipinski definition) is 1. The molecule has 0 amide bonds. The maximum atomic E-state index is 13.6. The SMILES string of the molecule is Nc1ccc(Oc2ccc(F)cc2F)c2ccncc12. The average Bonchev–Trinajstić information content (AvgIpc) is 2.45. The highest BCUT2D eigenvalue weighted by atomic mass is 19.1. The van der Waals surface area contributed by atoms with Crippen molar-refractivity contribution in [3.8, 4) is 11.5 Å². The first-order chi connectivity index (χ1) is 9.65. The van der Waals surface area contributed by atoms with Crippen LogP contribution >= 0.6 is 0 Å². The first kappa shape index (κ1) is 12.3. The molecule has 0 aliphatic rings. The molecule has 5 heteroatoms. The first-order valence-corrected chi connectivity index (χ1v) is 5.90. The molecule has 0 radical (unpaired) electrons. The number of anilines is 1.